The topological polar surface area (TPSA) is 108 Å². The van der Waals surface area contributed by atoms with Crippen LogP contribution >= 0.6 is 0 Å². The van der Waals surface area contributed by atoms with Crippen molar-refractivity contribution in [3.05, 3.63) is 52.1 Å². The minimum absolute atomic E-state index is 0.00361. The minimum atomic E-state index is -0.453. The van der Waals surface area contributed by atoms with Gasteiger partial charge in [-0.2, -0.15) is 10.2 Å². The van der Waals surface area contributed by atoms with Gasteiger partial charge in [0.25, 0.3) is 5.91 Å². The number of nitro groups is 1. The van der Waals surface area contributed by atoms with E-state index in [1.54, 1.807) is 32.2 Å². The predicted octanol–water partition coefficient (Wildman–Crippen LogP) is 1.03. The molecule has 2 heterocycles. The first-order valence-corrected chi connectivity index (χ1v) is 6.55. The molecule has 0 saturated carbocycles. The van der Waals surface area contributed by atoms with Gasteiger partial charge in [-0.25, -0.2) is 4.68 Å². The van der Waals surface area contributed by atoms with Crippen molar-refractivity contribution in [3.8, 4) is 0 Å². The van der Waals surface area contributed by atoms with Crippen LogP contribution in [0, 0.1) is 24.0 Å². The molecule has 0 bridgehead atoms. The second kappa shape index (κ2) is 6.20. The number of nitrogens with zero attached hydrogens (tertiary/aromatic N) is 5. The monoisotopic (exact) mass is 304 g/mol. The maximum Gasteiger partial charge on any atom is 0.312 e. The van der Waals surface area contributed by atoms with Gasteiger partial charge in [0.2, 0.25) is 0 Å². The Morgan fingerprint density at radius 2 is 2.23 bits per heavy atom. The van der Waals surface area contributed by atoms with Crippen molar-refractivity contribution in [2.45, 2.75) is 20.5 Å². The molecule has 22 heavy (non-hydrogen) atoms. The van der Waals surface area contributed by atoms with E-state index in [1.165, 1.54) is 9.36 Å². The van der Waals surface area contributed by atoms with Crippen molar-refractivity contribution in [3.63, 3.8) is 0 Å². The Labute approximate surface area is 126 Å². The molecule has 0 fully saturated rings. The molecule has 9 heteroatoms. The molecule has 9 nitrogen and oxygen atoms in total. The summed E-state index contributed by atoms with van der Waals surface area (Å²) < 4.78 is 2.97. The molecule has 0 saturated heterocycles. The van der Waals surface area contributed by atoms with E-state index in [0.717, 1.165) is 0 Å². The summed E-state index contributed by atoms with van der Waals surface area (Å²) in [6.07, 6.45) is 3.19. The van der Waals surface area contributed by atoms with E-state index in [0.29, 0.717) is 17.9 Å². The van der Waals surface area contributed by atoms with E-state index in [9.17, 15) is 14.9 Å². The Balaban J connectivity index is 2.17. The fraction of sp³-hybridized carbons (Fsp3) is 0.308. The summed E-state index contributed by atoms with van der Waals surface area (Å²) in [5.41, 5.74) is 1.04. The van der Waals surface area contributed by atoms with Crippen molar-refractivity contribution >= 4 is 11.6 Å². The predicted molar refractivity (Wildman–Crippen MR) is 78.5 cm³/mol. The summed E-state index contributed by atoms with van der Waals surface area (Å²) in [7, 11) is 0. The number of carbonyl (C=O) groups is 1. The van der Waals surface area contributed by atoms with Crippen molar-refractivity contribution in [1.29, 1.82) is 0 Å². The molecule has 116 valence electrons. The van der Waals surface area contributed by atoms with Gasteiger partial charge in [-0.1, -0.05) is 6.08 Å². The lowest BCUT2D eigenvalue weighted by atomic mass is 10.3. The van der Waals surface area contributed by atoms with Crippen LogP contribution in [-0.4, -0.2) is 36.9 Å². The first kappa shape index (κ1) is 15.4. The number of carbonyl (C=O) groups excluding carboxylic acids is 1. The SMILES string of the molecule is C=CCNC(=O)c1ccn(Cn2nc(C)c([N+](=O)[O-])c2C)n1. The van der Waals surface area contributed by atoms with Crippen molar-refractivity contribution in [2.75, 3.05) is 6.54 Å². The van der Waals surface area contributed by atoms with Crippen LogP contribution in [0.2, 0.25) is 0 Å². The van der Waals surface area contributed by atoms with Crippen LogP contribution in [0.1, 0.15) is 21.9 Å². The van der Waals surface area contributed by atoms with E-state index in [1.807, 2.05) is 0 Å². The molecule has 0 atom stereocenters. The zero-order chi connectivity index (χ0) is 16.3. The number of aryl methyl sites for hydroxylation is 1. The standard InChI is InChI=1S/C13H16N6O3/c1-4-6-14-13(20)11-5-7-17(16-11)8-18-10(3)12(19(21)22)9(2)15-18/h4-5,7H,1,6,8H2,2-3H3,(H,14,20). The van der Waals surface area contributed by atoms with Crippen LogP contribution in [0.15, 0.2) is 24.9 Å². The van der Waals surface area contributed by atoms with Crippen LogP contribution in [0.4, 0.5) is 5.69 Å². The van der Waals surface area contributed by atoms with Gasteiger partial charge in [0.1, 0.15) is 23.8 Å². The highest BCUT2D eigenvalue weighted by Gasteiger charge is 2.22. The van der Waals surface area contributed by atoms with Gasteiger partial charge in [0, 0.05) is 12.7 Å². The number of amides is 1. The summed E-state index contributed by atoms with van der Waals surface area (Å²) in [4.78, 5) is 22.3. The summed E-state index contributed by atoms with van der Waals surface area (Å²) in [6.45, 7) is 7.27. The normalized spacial score (nSPS) is 10.5. The maximum atomic E-state index is 11.7. The number of hydrogen-bond acceptors (Lipinski definition) is 5. The zero-order valence-electron chi connectivity index (χ0n) is 12.3. The number of aromatic nitrogens is 4. The molecule has 0 aromatic carbocycles. The van der Waals surface area contributed by atoms with Crippen molar-refractivity contribution < 1.29 is 9.72 Å². The number of nitrogens with one attached hydrogen (secondary N) is 1. The third kappa shape index (κ3) is 3.03. The smallest absolute Gasteiger partial charge is 0.312 e. The van der Waals surface area contributed by atoms with Gasteiger partial charge >= 0.3 is 5.69 Å². The fourth-order valence-corrected chi connectivity index (χ4v) is 2.04. The average Bonchev–Trinajstić information content (AvgIpc) is 3.02. The lowest BCUT2D eigenvalue weighted by Gasteiger charge is -2.03. The van der Waals surface area contributed by atoms with Crippen molar-refractivity contribution in [2.24, 2.45) is 0 Å². The van der Waals surface area contributed by atoms with Gasteiger partial charge in [-0.15, -0.1) is 6.58 Å². The van der Waals surface area contributed by atoms with Gasteiger partial charge in [0.05, 0.1) is 4.92 Å². The molecule has 2 aromatic heterocycles. The molecule has 0 unspecified atom stereocenters. The van der Waals surface area contributed by atoms with Gasteiger partial charge in [0.15, 0.2) is 0 Å². The molecule has 1 N–H and O–H groups in total. The van der Waals surface area contributed by atoms with Crippen LogP contribution in [0.25, 0.3) is 0 Å². The lowest BCUT2D eigenvalue weighted by molar-refractivity contribution is -0.386. The molecule has 0 aliphatic heterocycles. The summed E-state index contributed by atoms with van der Waals surface area (Å²) in [5, 5.41) is 21.8. The van der Waals surface area contributed by atoms with Gasteiger partial charge < -0.3 is 5.32 Å². The number of rotatable bonds is 6. The first-order chi connectivity index (χ1) is 10.4. The van der Waals surface area contributed by atoms with E-state index >= 15 is 0 Å². The summed E-state index contributed by atoms with van der Waals surface area (Å²) in [6, 6.07) is 1.57. The third-order valence-electron chi connectivity index (χ3n) is 3.08. The largest absolute Gasteiger partial charge is 0.347 e. The third-order valence-corrected chi connectivity index (χ3v) is 3.08. The lowest BCUT2D eigenvalue weighted by Crippen LogP contribution is -2.24. The quantitative estimate of drug-likeness (QED) is 0.487. The zero-order valence-corrected chi connectivity index (χ0v) is 12.3. The van der Waals surface area contributed by atoms with E-state index in [2.05, 4.69) is 22.1 Å². The highest BCUT2D eigenvalue weighted by molar-refractivity contribution is 5.92. The van der Waals surface area contributed by atoms with E-state index < -0.39 is 4.92 Å². The molecule has 1 amide bonds. The molecule has 0 spiro atoms. The van der Waals surface area contributed by atoms with Crippen LogP contribution in [0.3, 0.4) is 0 Å². The second-order valence-corrected chi connectivity index (χ2v) is 4.66. The van der Waals surface area contributed by atoms with Gasteiger partial charge in [-0.3, -0.25) is 19.6 Å². The first-order valence-electron chi connectivity index (χ1n) is 6.55. The average molecular weight is 304 g/mol. The van der Waals surface area contributed by atoms with E-state index in [-0.39, 0.29) is 24.0 Å². The molecule has 0 aliphatic rings. The highest BCUT2D eigenvalue weighted by Crippen LogP contribution is 2.21. The molecule has 0 aliphatic carbocycles. The maximum absolute atomic E-state index is 11.7. The Kier molecular flexibility index (Phi) is 4.35. The Morgan fingerprint density at radius 3 is 2.82 bits per heavy atom. The molecule has 0 radical (unpaired) electrons. The summed E-state index contributed by atoms with van der Waals surface area (Å²) in [5.74, 6) is -0.307. The Hall–Kier alpha value is -2.97. The molecule has 2 rings (SSSR count). The van der Waals surface area contributed by atoms with E-state index in [4.69, 9.17) is 0 Å². The molecule has 2 aromatic rings. The second-order valence-electron chi connectivity index (χ2n) is 4.66. The van der Waals surface area contributed by atoms with Crippen LogP contribution < -0.4 is 5.32 Å². The molecular weight excluding hydrogens is 288 g/mol. The highest BCUT2D eigenvalue weighted by atomic mass is 16.6. The molecular formula is C13H16N6O3. The Bertz CT molecular complexity index is 730. The fourth-order valence-electron chi connectivity index (χ4n) is 2.04. The van der Waals surface area contributed by atoms with Crippen LogP contribution in [0.5, 0.6) is 0 Å². The van der Waals surface area contributed by atoms with Gasteiger partial charge in [-0.05, 0) is 19.9 Å². The van der Waals surface area contributed by atoms with Crippen LogP contribution in [-0.2, 0) is 6.67 Å². The number of hydrogen-bond donors (Lipinski definition) is 1. The Morgan fingerprint density at radius 1 is 1.50 bits per heavy atom. The summed E-state index contributed by atoms with van der Waals surface area (Å²) >= 11 is 0. The van der Waals surface area contributed by atoms with Crippen molar-refractivity contribution in [1.82, 2.24) is 24.9 Å². The minimum Gasteiger partial charge on any atom is -0.347 e.